The Morgan fingerprint density at radius 1 is 1.48 bits per heavy atom. The molecule has 1 unspecified atom stereocenters. The maximum absolute atomic E-state index is 11.8. The zero-order valence-electron chi connectivity index (χ0n) is 14.7. The molecule has 0 radical (unpaired) electrons. The highest BCUT2D eigenvalue weighted by molar-refractivity contribution is 5.75. The summed E-state index contributed by atoms with van der Waals surface area (Å²) in [5, 5.41) is 6.88. The molecule has 2 heterocycles. The highest BCUT2D eigenvalue weighted by Crippen LogP contribution is 2.15. The molecule has 1 aliphatic rings. The van der Waals surface area contributed by atoms with Gasteiger partial charge in [0.15, 0.2) is 5.82 Å². The number of nitrogens with zero attached hydrogens (tertiary/aromatic N) is 3. The Bertz CT molecular complexity index is 487. The first-order valence-corrected chi connectivity index (χ1v) is 8.86. The van der Waals surface area contributed by atoms with E-state index < -0.39 is 0 Å². The van der Waals surface area contributed by atoms with Crippen molar-refractivity contribution in [1.29, 1.82) is 0 Å². The Morgan fingerprint density at radius 3 is 3.00 bits per heavy atom. The minimum Gasteiger partial charge on any atom is -0.356 e. The van der Waals surface area contributed by atoms with E-state index >= 15 is 0 Å². The molecule has 0 spiro atoms. The smallest absolute Gasteiger partial charge is 0.227 e. The fourth-order valence-corrected chi connectivity index (χ4v) is 2.93. The van der Waals surface area contributed by atoms with Gasteiger partial charge in [-0.15, -0.1) is 0 Å². The summed E-state index contributed by atoms with van der Waals surface area (Å²) in [5.74, 6) is 2.37. The lowest BCUT2D eigenvalue weighted by Gasteiger charge is -2.30. The van der Waals surface area contributed by atoms with Gasteiger partial charge in [-0.05, 0) is 38.3 Å². The van der Waals surface area contributed by atoms with E-state index in [0.29, 0.717) is 24.6 Å². The second kappa shape index (κ2) is 9.01. The average Bonchev–Trinajstić information content (AvgIpc) is 2.99. The number of hydrogen-bond donors (Lipinski definition) is 1. The van der Waals surface area contributed by atoms with Crippen molar-refractivity contribution >= 4 is 5.91 Å². The maximum atomic E-state index is 11.8. The van der Waals surface area contributed by atoms with Crippen LogP contribution in [0.1, 0.15) is 64.1 Å². The second-order valence-corrected chi connectivity index (χ2v) is 6.95. The van der Waals surface area contributed by atoms with Crippen molar-refractivity contribution in [2.45, 2.75) is 58.8 Å². The van der Waals surface area contributed by atoms with Crippen molar-refractivity contribution in [3.8, 4) is 0 Å². The molecule has 23 heavy (non-hydrogen) atoms. The second-order valence-electron chi connectivity index (χ2n) is 6.95. The molecule has 1 aliphatic heterocycles. The topological polar surface area (TPSA) is 71.3 Å². The summed E-state index contributed by atoms with van der Waals surface area (Å²) in [6, 6.07) is 0. The molecular weight excluding hydrogens is 292 g/mol. The van der Waals surface area contributed by atoms with Gasteiger partial charge in [0.1, 0.15) is 0 Å². The highest BCUT2D eigenvalue weighted by Gasteiger charge is 2.15. The first-order chi connectivity index (χ1) is 11.0. The summed E-state index contributed by atoms with van der Waals surface area (Å²) in [7, 11) is 0. The minimum atomic E-state index is 0.0568. The van der Waals surface area contributed by atoms with Gasteiger partial charge >= 0.3 is 0 Å². The number of nitrogens with one attached hydrogen (secondary N) is 1. The monoisotopic (exact) mass is 322 g/mol. The van der Waals surface area contributed by atoms with E-state index in [1.165, 1.54) is 25.9 Å². The zero-order chi connectivity index (χ0) is 16.7. The standard InChI is InChI=1S/C17H30N4O2/c1-13(2)17-19-16(23-20-17)8-7-15(22)18-9-5-11-21-10-4-6-14(3)12-21/h13-14H,4-12H2,1-3H3,(H,18,22). The number of likely N-dealkylation sites (tertiary alicyclic amines) is 1. The molecule has 1 N–H and O–H groups in total. The van der Waals surface area contributed by atoms with Gasteiger partial charge in [0.05, 0.1) is 0 Å². The summed E-state index contributed by atoms with van der Waals surface area (Å²) in [5.41, 5.74) is 0. The number of carbonyl (C=O) groups is 1. The number of aryl methyl sites for hydroxylation is 1. The van der Waals surface area contributed by atoms with Crippen molar-refractivity contribution in [2.75, 3.05) is 26.2 Å². The predicted octanol–water partition coefficient (Wildman–Crippen LogP) is 2.36. The number of rotatable bonds is 8. The minimum absolute atomic E-state index is 0.0568. The van der Waals surface area contributed by atoms with Gasteiger partial charge in [-0.1, -0.05) is 25.9 Å². The molecule has 1 atom stereocenters. The van der Waals surface area contributed by atoms with Crippen LogP contribution in [0.25, 0.3) is 0 Å². The molecule has 1 aromatic rings. The van der Waals surface area contributed by atoms with Gasteiger partial charge < -0.3 is 14.7 Å². The van der Waals surface area contributed by atoms with E-state index in [-0.39, 0.29) is 11.8 Å². The third-order valence-corrected chi connectivity index (χ3v) is 4.28. The van der Waals surface area contributed by atoms with E-state index in [4.69, 9.17) is 4.52 Å². The first-order valence-electron chi connectivity index (χ1n) is 8.86. The van der Waals surface area contributed by atoms with Crippen LogP contribution < -0.4 is 5.32 Å². The summed E-state index contributed by atoms with van der Waals surface area (Å²) in [4.78, 5) is 18.6. The van der Waals surface area contributed by atoms with E-state index in [1.54, 1.807) is 0 Å². The molecule has 1 aromatic heterocycles. The Morgan fingerprint density at radius 2 is 2.30 bits per heavy atom. The van der Waals surface area contributed by atoms with Crippen LogP contribution in [-0.4, -0.2) is 47.1 Å². The Hall–Kier alpha value is -1.43. The molecule has 1 amide bonds. The Labute approximate surface area is 139 Å². The van der Waals surface area contributed by atoms with E-state index in [0.717, 1.165) is 25.4 Å². The van der Waals surface area contributed by atoms with Crippen LogP contribution in [0.4, 0.5) is 0 Å². The number of amides is 1. The van der Waals surface area contributed by atoms with E-state index in [1.807, 2.05) is 13.8 Å². The van der Waals surface area contributed by atoms with E-state index in [2.05, 4.69) is 27.3 Å². The Balaban J connectivity index is 1.56. The van der Waals surface area contributed by atoms with Gasteiger partial charge in [0.2, 0.25) is 11.8 Å². The normalized spacial score (nSPS) is 19.2. The lowest BCUT2D eigenvalue weighted by atomic mass is 10.0. The lowest BCUT2D eigenvalue weighted by molar-refractivity contribution is -0.121. The van der Waals surface area contributed by atoms with Crippen LogP contribution in [0.15, 0.2) is 4.52 Å². The molecule has 1 fully saturated rings. The third kappa shape index (κ3) is 6.29. The Kier molecular flexibility index (Phi) is 7.02. The zero-order valence-corrected chi connectivity index (χ0v) is 14.7. The maximum Gasteiger partial charge on any atom is 0.227 e. The molecule has 0 aromatic carbocycles. The molecule has 0 aliphatic carbocycles. The van der Waals surface area contributed by atoms with Crippen LogP contribution in [0.3, 0.4) is 0 Å². The van der Waals surface area contributed by atoms with Gasteiger partial charge in [0, 0.05) is 31.8 Å². The number of hydrogen-bond acceptors (Lipinski definition) is 5. The van der Waals surface area contributed by atoms with Crippen LogP contribution in [0.2, 0.25) is 0 Å². The van der Waals surface area contributed by atoms with Crippen molar-refractivity contribution in [2.24, 2.45) is 5.92 Å². The number of piperidine rings is 1. The molecule has 0 saturated carbocycles. The number of aromatic nitrogens is 2. The largest absolute Gasteiger partial charge is 0.356 e. The lowest BCUT2D eigenvalue weighted by Crippen LogP contribution is -2.36. The third-order valence-electron chi connectivity index (χ3n) is 4.28. The van der Waals surface area contributed by atoms with Crippen molar-refractivity contribution in [3.63, 3.8) is 0 Å². The SMILES string of the molecule is CC1CCCN(CCCNC(=O)CCc2nc(C(C)C)no2)C1. The van der Waals surface area contributed by atoms with Crippen LogP contribution in [0, 0.1) is 5.92 Å². The molecule has 130 valence electrons. The molecular formula is C17H30N4O2. The molecule has 2 rings (SSSR count). The fraction of sp³-hybridized carbons (Fsp3) is 0.824. The fourth-order valence-electron chi connectivity index (χ4n) is 2.93. The molecule has 1 saturated heterocycles. The van der Waals surface area contributed by atoms with Crippen molar-refractivity contribution < 1.29 is 9.32 Å². The van der Waals surface area contributed by atoms with Gasteiger partial charge in [0.25, 0.3) is 0 Å². The highest BCUT2D eigenvalue weighted by atomic mass is 16.5. The summed E-state index contributed by atoms with van der Waals surface area (Å²) in [6.45, 7) is 10.6. The molecule has 0 bridgehead atoms. The van der Waals surface area contributed by atoms with E-state index in [9.17, 15) is 4.79 Å². The first kappa shape index (κ1) is 17.9. The predicted molar refractivity (Wildman–Crippen MR) is 89.2 cm³/mol. The van der Waals surface area contributed by atoms with Crippen LogP contribution >= 0.6 is 0 Å². The van der Waals surface area contributed by atoms with Crippen molar-refractivity contribution in [3.05, 3.63) is 11.7 Å². The van der Waals surface area contributed by atoms with Gasteiger partial charge in [-0.2, -0.15) is 4.98 Å². The van der Waals surface area contributed by atoms with Crippen LogP contribution in [-0.2, 0) is 11.2 Å². The summed E-state index contributed by atoms with van der Waals surface area (Å²) >= 11 is 0. The number of carbonyl (C=O) groups excluding carboxylic acids is 1. The summed E-state index contributed by atoms with van der Waals surface area (Å²) in [6.07, 6.45) is 4.57. The van der Waals surface area contributed by atoms with Gasteiger partial charge in [-0.3, -0.25) is 4.79 Å². The van der Waals surface area contributed by atoms with Crippen molar-refractivity contribution in [1.82, 2.24) is 20.4 Å². The summed E-state index contributed by atoms with van der Waals surface area (Å²) < 4.78 is 5.14. The molecule has 6 nitrogen and oxygen atoms in total. The molecule has 6 heteroatoms. The van der Waals surface area contributed by atoms with Gasteiger partial charge in [-0.25, -0.2) is 0 Å². The quantitative estimate of drug-likeness (QED) is 0.744. The average molecular weight is 322 g/mol. The van der Waals surface area contributed by atoms with Crippen LogP contribution in [0.5, 0.6) is 0 Å².